The Hall–Kier alpha value is -2.39. The molecule has 0 unspecified atom stereocenters. The van der Waals surface area contributed by atoms with Crippen LogP contribution in [0, 0.1) is 0 Å². The molecule has 2 amide bonds. The van der Waals surface area contributed by atoms with Gasteiger partial charge in [-0.25, -0.2) is 0 Å². The number of carbonyl (C=O) groups is 2. The number of para-hydroxylation sites is 1. The van der Waals surface area contributed by atoms with Crippen LogP contribution < -0.4 is 34.6 Å². The summed E-state index contributed by atoms with van der Waals surface area (Å²) in [6, 6.07) is 17.2. The van der Waals surface area contributed by atoms with Crippen LogP contribution in [0.2, 0.25) is 0 Å². The summed E-state index contributed by atoms with van der Waals surface area (Å²) in [6.07, 6.45) is 18.5. The van der Waals surface area contributed by atoms with Gasteiger partial charge >= 0.3 is 0 Å². The third kappa shape index (κ3) is 13.3. The quantitative estimate of drug-likeness (QED) is 0.0873. The number of hydrogen-bond donors (Lipinski definition) is 3. The average Bonchev–Trinajstić information content (AvgIpc) is 3.40. The third-order valence-electron chi connectivity index (χ3n) is 8.57. The number of hydrogen-bond acceptors (Lipinski definition) is 2. The van der Waals surface area contributed by atoms with Crippen molar-refractivity contribution in [3.05, 3.63) is 71.9 Å². The number of unbranched alkanes of at least 4 members (excludes halogenated alkanes) is 11. The van der Waals surface area contributed by atoms with Crippen LogP contribution in [0.4, 0.5) is 0 Å². The highest BCUT2D eigenvalue weighted by atomic mass is 127. The Balaban J connectivity index is 0.00000675. The van der Waals surface area contributed by atoms with Crippen LogP contribution in [0.25, 0.3) is 10.9 Å². The summed E-state index contributed by atoms with van der Waals surface area (Å²) in [5.41, 5.74) is 3.21. The van der Waals surface area contributed by atoms with E-state index in [4.69, 9.17) is 0 Å². The van der Waals surface area contributed by atoms with Crippen molar-refractivity contribution in [2.24, 2.45) is 0 Å². The van der Waals surface area contributed by atoms with Gasteiger partial charge in [0.15, 0.2) is 6.04 Å². The van der Waals surface area contributed by atoms with Crippen LogP contribution >= 0.6 is 0 Å². The minimum absolute atomic E-state index is 0. The van der Waals surface area contributed by atoms with Crippen molar-refractivity contribution in [2.75, 3.05) is 27.7 Å². The number of halogens is 1. The lowest BCUT2D eigenvalue weighted by Crippen LogP contribution is -3.00. The zero-order valence-corrected chi connectivity index (χ0v) is 29.8. The number of nitrogens with zero attached hydrogens (tertiary/aromatic N) is 1. The lowest BCUT2D eigenvalue weighted by atomic mass is 10.0. The first-order valence-corrected chi connectivity index (χ1v) is 16.8. The SMILES string of the molecule is CCCCCCCCCCCCCCNC(=O)[C@H](Cc1ccccc1)NC(=O)[C@H](Cc1c[nH]c2ccccc12)[N+](C)(C)C.[I-]. The van der Waals surface area contributed by atoms with Crippen molar-refractivity contribution in [1.29, 1.82) is 0 Å². The van der Waals surface area contributed by atoms with E-state index in [0.717, 1.165) is 34.9 Å². The maximum atomic E-state index is 13.8. The molecule has 0 fully saturated rings. The number of amides is 2. The summed E-state index contributed by atoms with van der Waals surface area (Å²) in [4.78, 5) is 30.6. The summed E-state index contributed by atoms with van der Waals surface area (Å²) in [5, 5.41) is 7.41. The van der Waals surface area contributed by atoms with E-state index in [1.54, 1.807) is 0 Å². The zero-order valence-electron chi connectivity index (χ0n) is 27.7. The summed E-state index contributed by atoms with van der Waals surface area (Å²) < 4.78 is 0.462. The number of likely N-dealkylation sites (N-methyl/N-ethyl adjacent to an activating group) is 1. The minimum Gasteiger partial charge on any atom is -1.00 e. The molecule has 2 aromatic carbocycles. The number of carbonyl (C=O) groups excluding carboxylic acids is 2. The van der Waals surface area contributed by atoms with Crippen LogP contribution in [0.1, 0.15) is 95.1 Å². The second-order valence-electron chi connectivity index (χ2n) is 13.1. The molecule has 3 aromatic rings. The largest absolute Gasteiger partial charge is 1.00 e. The van der Waals surface area contributed by atoms with Crippen LogP contribution in [0.3, 0.4) is 0 Å². The van der Waals surface area contributed by atoms with Gasteiger partial charge in [-0.2, -0.15) is 0 Å². The van der Waals surface area contributed by atoms with E-state index in [9.17, 15) is 9.59 Å². The second-order valence-corrected chi connectivity index (χ2v) is 13.1. The monoisotopic (exact) mass is 716 g/mol. The van der Waals surface area contributed by atoms with Gasteiger partial charge < -0.3 is 44.1 Å². The fraction of sp³-hybridized carbons (Fsp3) is 0.568. The number of rotatable bonds is 21. The van der Waals surface area contributed by atoms with E-state index in [-0.39, 0.29) is 41.8 Å². The maximum absolute atomic E-state index is 13.8. The van der Waals surface area contributed by atoms with Crippen molar-refractivity contribution in [3.8, 4) is 0 Å². The normalized spacial score (nSPS) is 12.8. The van der Waals surface area contributed by atoms with E-state index in [0.29, 0.717) is 23.9 Å². The standard InChI is InChI=1S/C37H56N4O2.HI/c1-5-6-7-8-9-10-11-12-13-14-15-21-26-38-36(42)34(27-30-22-17-16-18-23-30)40-37(43)35(41(2,3)4)28-31-29-39-33-25-20-19-24-32(31)33;/h16-20,22-25,29,34-35,39H,5-15,21,26-28H2,1-4H3,(H-,38,40,42,43);1H/t34-,35-;/m0./s1. The van der Waals surface area contributed by atoms with Crippen LogP contribution in [-0.4, -0.2) is 61.1 Å². The molecular formula is C37H57IN4O2. The fourth-order valence-electron chi connectivity index (χ4n) is 5.85. The average molecular weight is 717 g/mol. The molecule has 44 heavy (non-hydrogen) atoms. The molecule has 0 spiro atoms. The van der Waals surface area contributed by atoms with Crippen LogP contribution in [0.15, 0.2) is 60.8 Å². The Labute approximate surface area is 283 Å². The summed E-state index contributed by atoms with van der Waals surface area (Å²) in [5.74, 6) is -0.202. The molecule has 0 aliphatic rings. The molecule has 1 heterocycles. The predicted octanol–water partition coefficient (Wildman–Crippen LogP) is 4.33. The smallest absolute Gasteiger partial charge is 0.279 e. The van der Waals surface area contributed by atoms with E-state index >= 15 is 0 Å². The van der Waals surface area contributed by atoms with Crippen molar-refractivity contribution in [1.82, 2.24) is 15.6 Å². The van der Waals surface area contributed by atoms with E-state index in [1.165, 1.54) is 64.2 Å². The van der Waals surface area contributed by atoms with Crippen molar-refractivity contribution >= 4 is 22.7 Å². The summed E-state index contributed by atoms with van der Waals surface area (Å²) in [7, 11) is 6.12. The van der Waals surface area contributed by atoms with E-state index in [1.807, 2.05) is 69.8 Å². The highest BCUT2D eigenvalue weighted by molar-refractivity contribution is 5.90. The summed E-state index contributed by atoms with van der Waals surface area (Å²) in [6.45, 7) is 2.91. The highest BCUT2D eigenvalue weighted by Crippen LogP contribution is 2.22. The molecule has 0 saturated heterocycles. The molecule has 0 radical (unpaired) electrons. The number of benzene rings is 2. The molecular weight excluding hydrogens is 659 g/mol. The van der Waals surface area contributed by atoms with Gasteiger partial charge in [0, 0.05) is 36.5 Å². The second kappa shape index (κ2) is 20.6. The first kappa shape index (κ1) is 37.8. The molecule has 2 atom stereocenters. The minimum atomic E-state index is -0.621. The van der Waals surface area contributed by atoms with Gasteiger partial charge in [-0.3, -0.25) is 9.59 Å². The van der Waals surface area contributed by atoms with Gasteiger partial charge in [-0.05, 0) is 23.6 Å². The molecule has 0 saturated carbocycles. The van der Waals surface area contributed by atoms with Crippen LogP contribution in [-0.2, 0) is 22.4 Å². The summed E-state index contributed by atoms with van der Waals surface area (Å²) >= 11 is 0. The van der Waals surface area contributed by atoms with Gasteiger partial charge in [0.1, 0.15) is 6.04 Å². The first-order valence-electron chi connectivity index (χ1n) is 16.8. The molecule has 3 N–H and O–H groups in total. The highest BCUT2D eigenvalue weighted by Gasteiger charge is 2.35. The van der Waals surface area contributed by atoms with E-state index < -0.39 is 6.04 Å². The molecule has 0 aliphatic heterocycles. The number of fused-ring (bicyclic) bond motifs is 1. The topological polar surface area (TPSA) is 74.0 Å². The number of aromatic amines is 1. The van der Waals surface area contributed by atoms with Crippen molar-refractivity contribution in [2.45, 2.75) is 109 Å². The Morgan fingerprint density at radius 2 is 1.30 bits per heavy atom. The van der Waals surface area contributed by atoms with E-state index in [2.05, 4.69) is 34.7 Å². The zero-order chi connectivity index (χ0) is 30.9. The molecule has 0 aliphatic carbocycles. The van der Waals surface area contributed by atoms with Gasteiger partial charge in [-0.1, -0.05) is 126 Å². The van der Waals surface area contributed by atoms with Crippen LogP contribution in [0.5, 0.6) is 0 Å². The third-order valence-corrected chi connectivity index (χ3v) is 8.57. The number of H-pyrrole nitrogens is 1. The lowest BCUT2D eigenvalue weighted by molar-refractivity contribution is -0.886. The lowest BCUT2D eigenvalue weighted by Gasteiger charge is -2.34. The molecule has 1 aromatic heterocycles. The van der Waals surface area contributed by atoms with Crippen molar-refractivity contribution < 1.29 is 38.0 Å². The Morgan fingerprint density at radius 3 is 1.91 bits per heavy atom. The van der Waals surface area contributed by atoms with Gasteiger partial charge in [-0.15, -0.1) is 0 Å². The first-order chi connectivity index (χ1) is 20.8. The number of quaternary nitrogens is 1. The molecule has 6 nitrogen and oxygen atoms in total. The molecule has 244 valence electrons. The number of nitrogens with one attached hydrogen (secondary N) is 3. The van der Waals surface area contributed by atoms with Gasteiger partial charge in [0.05, 0.1) is 21.1 Å². The molecule has 3 rings (SSSR count). The Morgan fingerprint density at radius 1 is 0.727 bits per heavy atom. The Bertz CT molecular complexity index is 1220. The molecule has 0 bridgehead atoms. The van der Waals surface area contributed by atoms with Gasteiger partial charge in [0.25, 0.3) is 5.91 Å². The fourth-order valence-corrected chi connectivity index (χ4v) is 5.85. The predicted molar refractivity (Wildman–Crippen MR) is 180 cm³/mol. The van der Waals surface area contributed by atoms with Crippen molar-refractivity contribution in [3.63, 3.8) is 0 Å². The van der Waals surface area contributed by atoms with Gasteiger partial charge in [0.2, 0.25) is 5.91 Å². The number of aromatic nitrogens is 1. The Kier molecular flexibility index (Phi) is 17.7. The maximum Gasteiger partial charge on any atom is 0.279 e. The molecule has 7 heteroatoms.